The van der Waals surface area contributed by atoms with Gasteiger partial charge < -0.3 is 4.74 Å². The van der Waals surface area contributed by atoms with Crippen LogP contribution < -0.4 is 9.46 Å². The highest BCUT2D eigenvalue weighted by Crippen LogP contribution is 2.31. The number of ether oxygens (including phenoxy) is 1. The van der Waals surface area contributed by atoms with Crippen molar-refractivity contribution in [2.45, 2.75) is 22.7 Å². The third-order valence-electron chi connectivity index (χ3n) is 4.75. The Kier molecular flexibility index (Phi) is 7.54. The van der Waals surface area contributed by atoms with E-state index in [1.54, 1.807) is 60.7 Å². The first-order valence-electron chi connectivity index (χ1n) is 9.38. The van der Waals surface area contributed by atoms with Crippen molar-refractivity contribution in [2.24, 2.45) is 0 Å². The number of Topliss-reactive ketones (excluding diaryl/α,β-unsaturated/α-hetero) is 1. The zero-order valence-corrected chi connectivity index (χ0v) is 20.0. The Morgan fingerprint density at radius 3 is 2.10 bits per heavy atom. The van der Waals surface area contributed by atoms with E-state index in [-0.39, 0.29) is 10.7 Å². The van der Waals surface area contributed by atoms with Crippen LogP contribution in [-0.2, 0) is 10.0 Å². The number of carbonyl (C=O) groups excluding carboxylic acids is 1. The molecule has 0 aromatic heterocycles. The van der Waals surface area contributed by atoms with Crippen molar-refractivity contribution in [3.05, 3.63) is 94.5 Å². The minimum Gasteiger partial charge on any atom is -0.497 e. The predicted octanol–water partition coefficient (Wildman–Crippen LogP) is 5.32. The van der Waals surface area contributed by atoms with Crippen molar-refractivity contribution in [1.82, 2.24) is 4.72 Å². The van der Waals surface area contributed by atoms with E-state index >= 15 is 0 Å². The molecule has 0 spiro atoms. The SMILES string of the molecule is COc1ccc(C(=O)[C@@H](NS(=O)(=O)c2ccc(C)cc2)[C@@H](Br)c2ccc(Cl)cc2)cc1. The molecule has 0 unspecified atom stereocenters. The highest BCUT2D eigenvalue weighted by Gasteiger charge is 2.33. The quantitative estimate of drug-likeness (QED) is 0.321. The van der Waals surface area contributed by atoms with E-state index in [1.807, 2.05) is 6.92 Å². The Hall–Kier alpha value is -2.19. The first-order valence-corrected chi connectivity index (χ1v) is 12.2. The molecule has 0 radical (unpaired) electrons. The summed E-state index contributed by atoms with van der Waals surface area (Å²) < 4.78 is 33.8. The first-order chi connectivity index (χ1) is 14.7. The van der Waals surface area contributed by atoms with Crippen molar-refractivity contribution in [3.8, 4) is 5.75 Å². The van der Waals surface area contributed by atoms with Gasteiger partial charge in [-0.3, -0.25) is 4.79 Å². The number of sulfonamides is 1. The van der Waals surface area contributed by atoms with Crippen LogP contribution in [-0.4, -0.2) is 27.4 Å². The zero-order chi connectivity index (χ0) is 22.6. The van der Waals surface area contributed by atoms with Crippen molar-refractivity contribution in [2.75, 3.05) is 7.11 Å². The van der Waals surface area contributed by atoms with Crippen molar-refractivity contribution < 1.29 is 17.9 Å². The minimum absolute atomic E-state index is 0.0847. The van der Waals surface area contributed by atoms with Gasteiger partial charge >= 0.3 is 0 Å². The number of benzene rings is 3. The molecule has 0 aliphatic rings. The van der Waals surface area contributed by atoms with Gasteiger partial charge in [0.1, 0.15) is 11.8 Å². The molecule has 31 heavy (non-hydrogen) atoms. The summed E-state index contributed by atoms with van der Waals surface area (Å²) >= 11 is 9.50. The van der Waals surface area contributed by atoms with E-state index in [9.17, 15) is 13.2 Å². The largest absolute Gasteiger partial charge is 0.497 e. The van der Waals surface area contributed by atoms with E-state index < -0.39 is 20.9 Å². The van der Waals surface area contributed by atoms with Gasteiger partial charge in [-0.25, -0.2) is 8.42 Å². The monoisotopic (exact) mass is 521 g/mol. The Bertz CT molecular complexity index is 1150. The fraction of sp³-hybridized carbons (Fsp3) is 0.174. The molecule has 0 heterocycles. The molecular formula is C23H21BrClNO4S. The van der Waals surface area contributed by atoms with E-state index in [0.29, 0.717) is 21.9 Å². The van der Waals surface area contributed by atoms with Crippen LogP contribution >= 0.6 is 27.5 Å². The maximum absolute atomic E-state index is 13.4. The van der Waals surface area contributed by atoms with Gasteiger partial charge in [-0.1, -0.05) is 57.4 Å². The predicted molar refractivity (Wildman–Crippen MR) is 126 cm³/mol. The highest BCUT2D eigenvalue weighted by molar-refractivity contribution is 9.09. The summed E-state index contributed by atoms with van der Waals surface area (Å²) in [6, 6.07) is 18.7. The molecule has 8 heteroatoms. The Balaban J connectivity index is 1.99. The van der Waals surface area contributed by atoms with Crippen LogP contribution in [0.4, 0.5) is 0 Å². The van der Waals surface area contributed by atoms with E-state index in [1.165, 1.54) is 19.2 Å². The number of nitrogens with one attached hydrogen (secondary N) is 1. The lowest BCUT2D eigenvalue weighted by Crippen LogP contribution is -2.43. The molecule has 2 atom stereocenters. The van der Waals surface area contributed by atoms with Gasteiger partial charge in [0.15, 0.2) is 5.78 Å². The lowest BCUT2D eigenvalue weighted by atomic mass is 9.98. The first kappa shape index (κ1) is 23.5. The lowest BCUT2D eigenvalue weighted by molar-refractivity contribution is 0.0952. The van der Waals surface area contributed by atoms with E-state index in [2.05, 4.69) is 20.7 Å². The van der Waals surface area contributed by atoms with Crippen LogP contribution in [0.1, 0.15) is 26.3 Å². The van der Waals surface area contributed by atoms with Crippen LogP contribution in [0.2, 0.25) is 5.02 Å². The highest BCUT2D eigenvalue weighted by atomic mass is 79.9. The van der Waals surface area contributed by atoms with Crippen LogP contribution in [0.5, 0.6) is 5.75 Å². The normalized spacial score (nSPS) is 13.4. The second kappa shape index (κ2) is 9.96. The third-order valence-corrected chi connectivity index (χ3v) is 7.52. The molecule has 5 nitrogen and oxygen atoms in total. The van der Waals surface area contributed by atoms with Crippen molar-refractivity contribution >= 4 is 43.3 Å². The summed E-state index contributed by atoms with van der Waals surface area (Å²) in [5.74, 6) is 0.219. The van der Waals surface area contributed by atoms with Crippen LogP contribution in [0.3, 0.4) is 0 Å². The number of ketones is 1. The van der Waals surface area contributed by atoms with Crippen LogP contribution in [0.15, 0.2) is 77.7 Å². The summed E-state index contributed by atoms with van der Waals surface area (Å²) in [5, 5.41) is 0.543. The fourth-order valence-corrected chi connectivity index (χ4v) is 5.16. The minimum atomic E-state index is -3.95. The summed E-state index contributed by atoms with van der Waals surface area (Å²) in [5.41, 5.74) is 2.00. The second-order valence-corrected chi connectivity index (χ2v) is 10.1. The Morgan fingerprint density at radius 2 is 1.55 bits per heavy atom. The number of rotatable bonds is 8. The number of carbonyl (C=O) groups is 1. The number of aryl methyl sites for hydroxylation is 1. The van der Waals surface area contributed by atoms with Gasteiger partial charge in [0, 0.05) is 10.6 Å². The molecule has 0 saturated carbocycles. The van der Waals surface area contributed by atoms with E-state index in [0.717, 1.165) is 5.56 Å². The number of hydrogen-bond acceptors (Lipinski definition) is 4. The molecule has 3 aromatic rings. The smallest absolute Gasteiger partial charge is 0.241 e. The summed E-state index contributed by atoms with van der Waals surface area (Å²) in [4.78, 5) is 12.8. The topological polar surface area (TPSA) is 72.5 Å². The molecule has 0 aliphatic carbocycles. The van der Waals surface area contributed by atoms with Gasteiger partial charge in [-0.2, -0.15) is 4.72 Å². The standard InChI is InChI=1S/C23H21BrClNO4S/c1-15-3-13-20(14-4-15)31(28,29)26-22(21(24)16-5-9-18(25)10-6-16)23(27)17-7-11-19(30-2)12-8-17/h3-14,21-22,26H,1-2H3/t21-,22-/m0/s1. The molecule has 3 aromatic carbocycles. The molecule has 162 valence electrons. The molecule has 0 amide bonds. The number of methoxy groups -OCH3 is 1. The third kappa shape index (κ3) is 5.74. The van der Waals surface area contributed by atoms with Crippen LogP contribution in [0, 0.1) is 6.92 Å². The second-order valence-electron chi connectivity index (χ2n) is 6.96. The maximum Gasteiger partial charge on any atom is 0.241 e. The van der Waals surface area contributed by atoms with Gasteiger partial charge in [0.05, 0.1) is 16.8 Å². The van der Waals surface area contributed by atoms with Gasteiger partial charge in [0.25, 0.3) is 0 Å². The number of alkyl halides is 1. The molecule has 0 fully saturated rings. The van der Waals surface area contributed by atoms with Crippen molar-refractivity contribution in [1.29, 1.82) is 0 Å². The molecule has 0 bridgehead atoms. The molecule has 0 saturated heterocycles. The summed E-state index contributed by atoms with van der Waals surface area (Å²) in [6.45, 7) is 1.87. The number of hydrogen-bond donors (Lipinski definition) is 1. The average Bonchev–Trinajstić information content (AvgIpc) is 2.77. The zero-order valence-electron chi connectivity index (χ0n) is 16.9. The number of halogens is 2. The summed E-state index contributed by atoms with van der Waals surface area (Å²) in [7, 11) is -2.42. The van der Waals surface area contributed by atoms with Gasteiger partial charge in [0.2, 0.25) is 10.0 Å². The molecule has 0 aliphatic heterocycles. The maximum atomic E-state index is 13.4. The molecule has 3 rings (SSSR count). The van der Waals surface area contributed by atoms with Gasteiger partial charge in [-0.05, 0) is 61.0 Å². The van der Waals surface area contributed by atoms with Gasteiger partial charge in [-0.15, -0.1) is 0 Å². The Morgan fingerprint density at radius 1 is 0.968 bits per heavy atom. The molecule has 1 N–H and O–H groups in total. The van der Waals surface area contributed by atoms with Crippen molar-refractivity contribution in [3.63, 3.8) is 0 Å². The van der Waals surface area contributed by atoms with E-state index in [4.69, 9.17) is 16.3 Å². The summed E-state index contributed by atoms with van der Waals surface area (Å²) in [6.07, 6.45) is 0. The Labute approximate surface area is 195 Å². The fourth-order valence-electron chi connectivity index (χ4n) is 2.97. The van der Waals surface area contributed by atoms with Crippen LogP contribution in [0.25, 0.3) is 0 Å². The average molecular weight is 523 g/mol. The lowest BCUT2D eigenvalue weighted by Gasteiger charge is -2.23. The molecular weight excluding hydrogens is 502 g/mol.